The predicted octanol–water partition coefficient (Wildman–Crippen LogP) is 2.03. The van der Waals surface area contributed by atoms with Crippen molar-refractivity contribution in [1.29, 1.82) is 0 Å². The molecule has 0 spiro atoms. The Hall–Kier alpha value is -1.42. The molecule has 1 amide bonds. The Morgan fingerprint density at radius 3 is 2.42 bits per heavy atom. The molecular formula is C15H23FN2O. The first-order valence-electron chi connectivity index (χ1n) is 6.63. The molecule has 1 saturated heterocycles. The summed E-state index contributed by atoms with van der Waals surface area (Å²) in [4.78, 5) is 14.1. The van der Waals surface area contributed by atoms with Crippen LogP contribution >= 0.6 is 0 Å². The number of carbonyl (C=O) groups is 1. The van der Waals surface area contributed by atoms with Crippen LogP contribution in [0, 0.1) is 0 Å². The van der Waals surface area contributed by atoms with Crippen molar-refractivity contribution >= 4 is 5.91 Å². The highest BCUT2D eigenvalue weighted by Crippen LogP contribution is 2.08. The number of amides is 1. The molecule has 2 rings (SSSR count). The van der Waals surface area contributed by atoms with E-state index in [4.69, 9.17) is 0 Å². The summed E-state index contributed by atoms with van der Waals surface area (Å²) in [5.41, 5.74) is 1.08. The van der Waals surface area contributed by atoms with E-state index >= 15 is 0 Å². The Kier molecular flexibility index (Phi) is 7.11. The highest BCUT2D eigenvalue weighted by molar-refractivity contribution is 5.78. The van der Waals surface area contributed by atoms with E-state index in [9.17, 15) is 9.18 Å². The van der Waals surface area contributed by atoms with Crippen LogP contribution in [0.15, 0.2) is 30.3 Å². The highest BCUT2D eigenvalue weighted by Gasteiger charge is 2.18. The molecule has 1 aliphatic rings. The molecule has 1 fully saturated rings. The lowest BCUT2D eigenvalue weighted by molar-refractivity contribution is -0.121. The predicted molar refractivity (Wildman–Crippen MR) is 75.8 cm³/mol. The average Bonchev–Trinajstić information content (AvgIpc) is 2.45. The van der Waals surface area contributed by atoms with Gasteiger partial charge in [0.25, 0.3) is 0 Å². The summed E-state index contributed by atoms with van der Waals surface area (Å²) in [6.07, 6.45) is 2.63. The maximum absolute atomic E-state index is 11.8. The van der Waals surface area contributed by atoms with Crippen LogP contribution in [0.4, 0.5) is 4.39 Å². The summed E-state index contributed by atoms with van der Waals surface area (Å²) >= 11 is 0. The molecule has 106 valence electrons. The summed E-state index contributed by atoms with van der Waals surface area (Å²) in [6.45, 7) is 2.16. The quantitative estimate of drug-likeness (QED) is 0.908. The zero-order valence-electron chi connectivity index (χ0n) is 11.7. The van der Waals surface area contributed by atoms with Crippen molar-refractivity contribution in [3.05, 3.63) is 35.9 Å². The van der Waals surface area contributed by atoms with E-state index < -0.39 is 0 Å². The van der Waals surface area contributed by atoms with Gasteiger partial charge in [0.15, 0.2) is 0 Å². The largest absolute Gasteiger partial charge is 0.353 e. The van der Waals surface area contributed by atoms with Crippen LogP contribution in [-0.2, 0) is 11.2 Å². The number of nitrogens with one attached hydrogen (secondary N) is 1. The van der Waals surface area contributed by atoms with Gasteiger partial charge in [-0.25, -0.2) is 0 Å². The van der Waals surface area contributed by atoms with Crippen molar-refractivity contribution in [2.75, 3.05) is 27.3 Å². The van der Waals surface area contributed by atoms with Gasteiger partial charge in [0.2, 0.25) is 5.91 Å². The number of alkyl halides is 1. The minimum atomic E-state index is 0.144. The molecule has 0 aliphatic carbocycles. The smallest absolute Gasteiger partial charge is 0.224 e. The highest BCUT2D eigenvalue weighted by atomic mass is 19.1. The summed E-state index contributed by atoms with van der Waals surface area (Å²) in [6, 6.07) is 10.3. The number of hydrogen-bond acceptors (Lipinski definition) is 2. The van der Waals surface area contributed by atoms with Crippen LogP contribution in [0.25, 0.3) is 0 Å². The second kappa shape index (κ2) is 8.64. The van der Waals surface area contributed by atoms with Gasteiger partial charge >= 0.3 is 0 Å². The van der Waals surface area contributed by atoms with E-state index in [1.54, 1.807) is 0 Å². The van der Waals surface area contributed by atoms with Gasteiger partial charge in [-0.3, -0.25) is 9.18 Å². The lowest BCUT2D eigenvalue weighted by Gasteiger charge is -2.29. The second-order valence-electron chi connectivity index (χ2n) is 4.81. The van der Waals surface area contributed by atoms with Gasteiger partial charge in [-0.05, 0) is 38.5 Å². The Morgan fingerprint density at radius 2 is 1.84 bits per heavy atom. The van der Waals surface area contributed by atoms with Crippen LogP contribution in [-0.4, -0.2) is 44.2 Å². The Bertz CT molecular complexity index is 362. The molecule has 0 bridgehead atoms. The van der Waals surface area contributed by atoms with E-state index in [1.807, 2.05) is 30.3 Å². The number of halogens is 1. The number of nitrogens with zero attached hydrogens (tertiary/aromatic N) is 1. The molecule has 0 radical (unpaired) electrons. The molecule has 0 aromatic heterocycles. The normalized spacial score (nSPS) is 16.4. The molecule has 4 heteroatoms. The van der Waals surface area contributed by atoms with Crippen LogP contribution in [0.5, 0.6) is 0 Å². The van der Waals surface area contributed by atoms with E-state index in [-0.39, 0.29) is 5.91 Å². The Balaban J connectivity index is 0.000000861. The molecule has 0 atom stereocenters. The van der Waals surface area contributed by atoms with E-state index in [2.05, 4.69) is 17.3 Å². The number of carbonyl (C=O) groups excluding carboxylic acids is 1. The van der Waals surface area contributed by atoms with Gasteiger partial charge in [0.05, 0.1) is 13.6 Å². The molecule has 1 N–H and O–H groups in total. The van der Waals surface area contributed by atoms with Crippen molar-refractivity contribution in [3.8, 4) is 0 Å². The lowest BCUT2D eigenvalue weighted by atomic mass is 10.0. The SMILES string of the molecule is CF.CN1CCC(NC(=O)Cc2ccccc2)CC1. The first-order chi connectivity index (χ1) is 9.24. The Labute approximate surface area is 114 Å². The Morgan fingerprint density at radius 1 is 1.26 bits per heavy atom. The molecule has 1 aromatic rings. The number of likely N-dealkylation sites (tertiary alicyclic amines) is 1. The molecule has 0 saturated carbocycles. The van der Waals surface area contributed by atoms with Crippen molar-refractivity contribution in [1.82, 2.24) is 10.2 Å². The number of rotatable bonds is 3. The van der Waals surface area contributed by atoms with Crippen molar-refractivity contribution in [2.24, 2.45) is 0 Å². The first-order valence-corrected chi connectivity index (χ1v) is 6.63. The summed E-state index contributed by atoms with van der Waals surface area (Å²) in [7, 11) is 2.63. The maximum Gasteiger partial charge on any atom is 0.224 e. The van der Waals surface area contributed by atoms with Crippen LogP contribution in [0.3, 0.4) is 0 Å². The van der Waals surface area contributed by atoms with Crippen molar-refractivity contribution in [2.45, 2.75) is 25.3 Å². The van der Waals surface area contributed by atoms with Gasteiger partial charge in [-0.15, -0.1) is 0 Å². The molecule has 3 nitrogen and oxygen atoms in total. The van der Waals surface area contributed by atoms with Crippen molar-refractivity contribution < 1.29 is 9.18 Å². The fourth-order valence-electron chi connectivity index (χ4n) is 2.21. The van der Waals surface area contributed by atoms with Gasteiger partial charge in [0.1, 0.15) is 0 Å². The summed E-state index contributed by atoms with van der Waals surface area (Å²) in [5.74, 6) is 0.144. The summed E-state index contributed by atoms with van der Waals surface area (Å²) in [5, 5.41) is 3.12. The van der Waals surface area contributed by atoms with Crippen LogP contribution in [0.1, 0.15) is 18.4 Å². The van der Waals surface area contributed by atoms with E-state index in [1.165, 1.54) is 0 Å². The zero-order chi connectivity index (χ0) is 14.1. The van der Waals surface area contributed by atoms with Gasteiger partial charge in [-0.2, -0.15) is 0 Å². The van der Waals surface area contributed by atoms with Gasteiger partial charge < -0.3 is 10.2 Å². The molecule has 1 aliphatic heterocycles. The average molecular weight is 266 g/mol. The molecule has 0 unspecified atom stereocenters. The lowest BCUT2D eigenvalue weighted by Crippen LogP contribution is -2.43. The zero-order valence-corrected chi connectivity index (χ0v) is 11.7. The minimum absolute atomic E-state index is 0.144. The number of piperidine rings is 1. The topological polar surface area (TPSA) is 32.3 Å². The first kappa shape index (κ1) is 15.6. The van der Waals surface area contributed by atoms with Crippen molar-refractivity contribution in [3.63, 3.8) is 0 Å². The van der Waals surface area contributed by atoms with Crippen LogP contribution in [0.2, 0.25) is 0 Å². The number of hydrogen-bond donors (Lipinski definition) is 1. The maximum atomic E-state index is 11.8. The second-order valence-corrected chi connectivity index (χ2v) is 4.81. The van der Waals surface area contributed by atoms with E-state index in [0.29, 0.717) is 19.6 Å². The van der Waals surface area contributed by atoms with Gasteiger partial charge in [0, 0.05) is 6.04 Å². The van der Waals surface area contributed by atoms with Crippen LogP contribution < -0.4 is 5.32 Å². The molecule has 1 heterocycles. The fourth-order valence-corrected chi connectivity index (χ4v) is 2.21. The molecular weight excluding hydrogens is 243 g/mol. The summed E-state index contributed by atoms with van der Waals surface area (Å²) < 4.78 is 9.50. The van der Waals surface area contributed by atoms with E-state index in [0.717, 1.165) is 31.5 Å². The molecule has 1 aromatic carbocycles. The molecule has 19 heavy (non-hydrogen) atoms. The third-order valence-electron chi connectivity index (χ3n) is 3.29. The monoisotopic (exact) mass is 266 g/mol. The third kappa shape index (κ3) is 5.83. The van der Waals surface area contributed by atoms with Gasteiger partial charge in [-0.1, -0.05) is 30.3 Å². The standard InChI is InChI=1S/C14H20N2O.CH3F/c1-16-9-7-13(8-10-16)15-14(17)11-12-5-3-2-4-6-12;1-2/h2-6,13H,7-11H2,1H3,(H,15,17);1H3. The fraction of sp³-hybridized carbons (Fsp3) is 0.533. The number of benzene rings is 1. The minimum Gasteiger partial charge on any atom is -0.353 e. The third-order valence-corrected chi connectivity index (χ3v) is 3.29.